The number of aromatic amines is 1. The number of benzene rings is 1. The van der Waals surface area contributed by atoms with Gasteiger partial charge in [0.05, 0.1) is 5.52 Å². The third kappa shape index (κ3) is 2.33. The molecule has 0 saturated carbocycles. The molecule has 0 unspecified atom stereocenters. The highest BCUT2D eigenvalue weighted by atomic mass is 16.4. The smallest absolute Gasteiger partial charge is 0.408 e. The molecule has 17 heavy (non-hydrogen) atoms. The van der Waals surface area contributed by atoms with Gasteiger partial charge in [0.15, 0.2) is 5.58 Å². The predicted molar refractivity (Wildman–Crippen MR) is 57.9 cm³/mol. The van der Waals surface area contributed by atoms with Crippen LogP contribution in [0.15, 0.2) is 27.4 Å². The van der Waals surface area contributed by atoms with Crippen LogP contribution in [0.5, 0.6) is 0 Å². The molecular weight excluding hydrogens is 226 g/mol. The van der Waals surface area contributed by atoms with Gasteiger partial charge >= 0.3 is 17.6 Å². The van der Waals surface area contributed by atoms with Gasteiger partial charge in [0.1, 0.15) is 0 Å². The van der Waals surface area contributed by atoms with Crippen molar-refractivity contribution in [3.8, 4) is 0 Å². The van der Waals surface area contributed by atoms with E-state index in [0.717, 1.165) is 0 Å². The van der Waals surface area contributed by atoms with Crippen molar-refractivity contribution in [2.75, 3.05) is 0 Å². The van der Waals surface area contributed by atoms with E-state index in [1.165, 1.54) is 0 Å². The fourth-order valence-corrected chi connectivity index (χ4v) is 1.37. The summed E-state index contributed by atoms with van der Waals surface area (Å²) in [4.78, 5) is 34.8. The summed E-state index contributed by atoms with van der Waals surface area (Å²) >= 11 is 0. The van der Waals surface area contributed by atoms with Crippen LogP contribution >= 0.6 is 0 Å². The van der Waals surface area contributed by atoms with Crippen LogP contribution in [0.2, 0.25) is 0 Å². The zero-order chi connectivity index (χ0) is 12.4. The first kappa shape index (κ1) is 10.9. The van der Waals surface area contributed by atoms with Gasteiger partial charge in [-0.25, -0.2) is 4.79 Å². The summed E-state index contributed by atoms with van der Waals surface area (Å²) in [6.45, 7) is 0.132. The molecule has 2 rings (SSSR count). The van der Waals surface area contributed by atoms with E-state index in [9.17, 15) is 14.4 Å². The molecular formula is C10H9N3O4. The summed E-state index contributed by atoms with van der Waals surface area (Å²) in [7, 11) is 0. The van der Waals surface area contributed by atoms with Crippen LogP contribution in [0.1, 0.15) is 5.56 Å². The minimum Gasteiger partial charge on any atom is -0.408 e. The third-order valence-electron chi connectivity index (χ3n) is 2.16. The summed E-state index contributed by atoms with van der Waals surface area (Å²) in [6, 6.07) is 4.93. The molecule has 2 amide bonds. The lowest BCUT2D eigenvalue weighted by Gasteiger charge is -2.02. The third-order valence-corrected chi connectivity index (χ3v) is 2.16. The Morgan fingerprint density at radius 1 is 1.41 bits per heavy atom. The van der Waals surface area contributed by atoms with Crippen LogP contribution in [0.4, 0.5) is 0 Å². The number of rotatable bonds is 2. The van der Waals surface area contributed by atoms with E-state index in [4.69, 9.17) is 10.2 Å². The molecule has 0 radical (unpaired) electrons. The highest BCUT2D eigenvalue weighted by Crippen LogP contribution is 2.11. The summed E-state index contributed by atoms with van der Waals surface area (Å²) in [5.41, 5.74) is 6.43. The second-order valence-corrected chi connectivity index (χ2v) is 3.39. The average Bonchev–Trinajstić information content (AvgIpc) is 2.64. The van der Waals surface area contributed by atoms with Crippen molar-refractivity contribution in [3.63, 3.8) is 0 Å². The van der Waals surface area contributed by atoms with Crippen LogP contribution in [-0.4, -0.2) is 16.8 Å². The minimum absolute atomic E-state index is 0.132. The topological polar surface area (TPSA) is 118 Å². The molecule has 1 aromatic heterocycles. The van der Waals surface area contributed by atoms with Gasteiger partial charge < -0.3 is 15.5 Å². The Balaban J connectivity index is 2.16. The van der Waals surface area contributed by atoms with Crippen molar-refractivity contribution >= 4 is 22.9 Å². The second-order valence-electron chi connectivity index (χ2n) is 3.39. The first-order chi connectivity index (χ1) is 8.06. The maximum atomic E-state index is 10.9. The number of fused-ring (bicyclic) bond motifs is 1. The Hall–Kier alpha value is -2.57. The summed E-state index contributed by atoms with van der Waals surface area (Å²) in [5.74, 6) is -2.45. The Labute approximate surface area is 94.6 Å². The van der Waals surface area contributed by atoms with E-state index >= 15 is 0 Å². The van der Waals surface area contributed by atoms with Gasteiger partial charge in [0.25, 0.3) is 0 Å². The Morgan fingerprint density at radius 2 is 2.18 bits per heavy atom. The van der Waals surface area contributed by atoms with Crippen LogP contribution in [0, 0.1) is 0 Å². The zero-order valence-electron chi connectivity index (χ0n) is 8.65. The number of hydrogen-bond acceptors (Lipinski definition) is 4. The number of H-pyrrole nitrogens is 1. The van der Waals surface area contributed by atoms with E-state index in [0.29, 0.717) is 16.7 Å². The quantitative estimate of drug-likeness (QED) is 0.592. The van der Waals surface area contributed by atoms with Gasteiger partial charge in [-0.1, -0.05) is 6.07 Å². The highest BCUT2D eigenvalue weighted by molar-refractivity contribution is 6.34. The molecule has 0 bridgehead atoms. The van der Waals surface area contributed by atoms with Gasteiger partial charge in [-0.3, -0.25) is 14.6 Å². The molecule has 0 aliphatic rings. The summed E-state index contributed by atoms with van der Waals surface area (Å²) in [6.07, 6.45) is 0. The number of carbonyl (C=O) groups excluding carboxylic acids is 2. The minimum atomic E-state index is -1.04. The molecule has 0 atom stereocenters. The van der Waals surface area contributed by atoms with Gasteiger partial charge in [-0.05, 0) is 17.7 Å². The number of carbonyl (C=O) groups is 2. The van der Waals surface area contributed by atoms with Crippen LogP contribution in [0.25, 0.3) is 11.1 Å². The number of amides is 2. The van der Waals surface area contributed by atoms with Crippen LogP contribution < -0.4 is 16.8 Å². The number of primary amides is 1. The van der Waals surface area contributed by atoms with Crippen molar-refractivity contribution in [1.29, 1.82) is 0 Å². The SMILES string of the molecule is NC(=O)C(=O)NCc1ccc2[nH]c(=O)oc2c1. The molecule has 0 fully saturated rings. The Morgan fingerprint density at radius 3 is 2.88 bits per heavy atom. The molecule has 7 nitrogen and oxygen atoms in total. The standard InChI is InChI=1S/C10H9N3O4/c11-8(14)9(15)12-4-5-1-2-6-7(3-5)17-10(16)13-6/h1-3H,4H2,(H2,11,14)(H,12,15)(H,13,16). The van der Waals surface area contributed by atoms with E-state index in [1.54, 1.807) is 18.2 Å². The van der Waals surface area contributed by atoms with E-state index in [1.807, 2.05) is 0 Å². The predicted octanol–water partition coefficient (Wildman–Crippen LogP) is -0.777. The molecule has 2 aromatic rings. The first-order valence-corrected chi connectivity index (χ1v) is 4.75. The van der Waals surface area contributed by atoms with Crippen molar-refractivity contribution in [1.82, 2.24) is 10.3 Å². The molecule has 4 N–H and O–H groups in total. The maximum absolute atomic E-state index is 10.9. The number of hydrogen-bond donors (Lipinski definition) is 3. The molecule has 0 aliphatic carbocycles. The molecule has 0 aliphatic heterocycles. The monoisotopic (exact) mass is 235 g/mol. The molecule has 1 heterocycles. The van der Waals surface area contributed by atoms with Crippen molar-refractivity contribution < 1.29 is 14.0 Å². The Kier molecular flexibility index (Phi) is 2.65. The lowest BCUT2D eigenvalue weighted by molar-refractivity contribution is -0.137. The summed E-state index contributed by atoms with van der Waals surface area (Å²) in [5, 5.41) is 2.33. The number of aromatic nitrogens is 1. The number of nitrogens with one attached hydrogen (secondary N) is 2. The zero-order valence-corrected chi connectivity index (χ0v) is 8.65. The highest BCUT2D eigenvalue weighted by Gasteiger charge is 2.08. The van der Waals surface area contributed by atoms with E-state index in [2.05, 4.69) is 10.3 Å². The second kappa shape index (κ2) is 4.12. The maximum Gasteiger partial charge on any atom is 0.417 e. The van der Waals surface area contributed by atoms with E-state index in [-0.39, 0.29) is 6.54 Å². The molecule has 1 aromatic carbocycles. The fourth-order valence-electron chi connectivity index (χ4n) is 1.37. The Bertz CT molecular complexity index is 640. The van der Waals surface area contributed by atoms with Crippen LogP contribution in [0.3, 0.4) is 0 Å². The van der Waals surface area contributed by atoms with Crippen molar-refractivity contribution in [2.24, 2.45) is 5.73 Å². The van der Waals surface area contributed by atoms with Gasteiger partial charge in [-0.2, -0.15) is 0 Å². The fraction of sp³-hybridized carbons (Fsp3) is 0.100. The summed E-state index contributed by atoms with van der Waals surface area (Å²) < 4.78 is 4.85. The molecule has 88 valence electrons. The number of oxazole rings is 1. The molecule has 7 heteroatoms. The molecule has 0 spiro atoms. The van der Waals surface area contributed by atoms with Gasteiger partial charge in [-0.15, -0.1) is 0 Å². The van der Waals surface area contributed by atoms with Crippen molar-refractivity contribution in [2.45, 2.75) is 6.54 Å². The lowest BCUT2D eigenvalue weighted by Crippen LogP contribution is -2.35. The van der Waals surface area contributed by atoms with Gasteiger partial charge in [0, 0.05) is 6.54 Å². The first-order valence-electron chi connectivity index (χ1n) is 4.75. The van der Waals surface area contributed by atoms with Crippen molar-refractivity contribution in [3.05, 3.63) is 34.3 Å². The normalized spacial score (nSPS) is 10.4. The van der Waals surface area contributed by atoms with E-state index < -0.39 is 17.6 Å². The lowest BCUT2D eigenvalue weighted by atomic mass is 10.2. The number of nitrogens with two attached hydrogens (primary N) is 1. The van der Waals surface area contributed by atoms with Crippen LogP contribution in [-0.2, 0) is 16.1 Å². The average molecular weight is 235 g/mol. The van der Waals surface area contributed by atoms with Gasteiger partial charge in [0.2, 0.25) is 0 Å². The largest absolute Gasteiger partial charge is 0.417 e. The molecule has 0 saturated heterocycles.